The van der Waals surface area contributed by atoms with Crippen LogP contribution in [0.4, 0.5) is 10.5 Å². The molecule has 2 aromatic carbocycles. The molecule has 3 atom stereocenters. The Morgan fingerprint density at radius 2 is 2.07 bits per heavy atom. The first kappa shape index (κ1) is 19.7. The van der Waals surface area contributed by atoms with Gasteiger partial charge in [0.05, 0.1) is 25.4 Å². The lowest BCUT2D eigenvalue weighted by Crippen LogP contribution is -2.48. The minimum atomic E-state index is -0.985. The maximum absolute atomic E-state index is 11.4. The molecule has 3 unspecified atom stereocenters. The van der Waals surface area contributed by atoms with Crippen LogP contribution in [0.25, 0.3) is 0 Å². The smallest absolute Gasteiger partial charge is 0.411 e. The number of nitrogens with zero attached hydrogens (tertiary/aromatic N) is 1. The van der Waals surface area contributed by atoms with Crippen molar-refractivity contribution in [3.63, 3.8) is 0 Å². The molecule has 2 saturated heterocycles. The van der Waals surface area contributed by atoms with Crippen LogP contribution in [0.5, 0.6) is 5.75 Å². The summed E-state index contributed by atoms with van der Waals surface area (Å²) in [5.74, 6) is 0.927. The van der Waals surface area contributed by atoms with Crippen molar-refractivity contribution in [2.45, 2.75) is 36.8 Å². The molecule has 6 nitrogen and oxygen atoms in total. The van der Waals surface area contributed by atoms with Gasteiger partial charge in [-0.2, -0.15) is 0 Å². The SMILES string of the molecule is COc1ccc(N(C)C(=O)O)cc1C1COC2(CCCNC2c2ccccc2)C1. The van der Waals surface area contributed by atoms with Crippen LogP contribution in [0.1, 0.15) is 42.3 Å². The number of carbonyl (C=O) groups is 1. The monoisotopic (exact) mass is 396 g/mol. The molecule has 29 heavy (non-hydrogen) atoms. The lowest BCUT2D eigenvalue weighted by atomic mass is 9.77. The van der Waals surface area contributed by atoms with E-state index in [1.807, 2.05) is 18.2 Å². The van der Waals surface area contributed by atoms with Gasteiger partial charge in [0.25, 0.3) is 0 Å². The summed E-state index contributed by atoms with van der Waals surface area (Å²) in [6.45, 7) is 1.58. The van der Waals surface area contributed by atoms with E-state index in [-0.39, 0.29) is 17.6 Å². The van der Waals surface area contributed by atoms with Crippen LogP contribution in [0.3, 0.4) is 0 Å². The van der Waals surface area contributed by atoms with E-state index in [4.69, 9.17) is 9.47 Å². The number of nitrogens with one attached hydrogen (secondary N) is 1. The minimum absolute atomic E-state index is 0.151. The van der Waals surface area contributed by atoms with Gasteiger partial charge < -0.3 is 19.9 Å². The van der Waals surface area contributed by atoms with Crippen molar-refractivity contribution in [2.24, 2.45) is 0 Å². The zero-order valence-electron chi connectivity index (χ0n) is 16.9. The van der Waals surface area contributed by atoms with Crippen LogP contribution in [-0.2, 0) is 4.74 Å². The van der Waals surface area contributed by atoms with Crippen LogP contribution in [-0.4, -0.2) is 44.1 Å². The molecule has 0 aromatic heterocycles. The Morgan fingerprint density at radius 1 is 1.28 bits per heavy atom. The summed E-state index contributed by atoms with van der Waals surface area (Å²) in [5.41, 5.74) is 2.63. The third-order valence-corrected chi connectivity index (χ3v) is 6.28. The Kier molecular flexibility index (Phi) is 5.48. The predicted molar refractivity (Wildman–Crippen MR) is 112 cm³/mol. The number of anilines is 1. The van der Waals surface area contributed by atoms with Gasteiger partial charge in [0.2, 0.25) is 0 Å². The van der Waals surface area contributed by atoms with Crippen LogP contribution < -0.4 is 15.0 Å². The number of benzene rings is 2. The molecule has 2 N–H and O–H groups in total. The van der Waals surface area contributed by atoms with Crippen molar-refractivity contribution in [1.29, 1.82) is 0 Å². The highest BCUT2D eigenvalue weighted by molar-refractivity contribution is 5.85. The summed E-state index contributed by atoms with van der Waals surface area (Å²) >= 11 is 0. The second kappa shape index (κ2) is 8.05. The highest BCUT2D eigenvalue weighted by Crippen LogP contribution is 2.49. The first-order chi connectivity index (χ1) is 14.0. The lowest BCUT2D eigenvalue weighted by molar-refractivity contribution is -0.0484. The summed E-state index contributed by atoms with van der Waals surface area (Å²) in [6, 6.07) is 16.2. The molecule has 0 saturated carbocycles. The van der Waals surface area contributed by atoms with Crippen molar-refractivity contribution in [1.82, 2.24) is 5.32 Å². The molecule has 2 aliphatic rings. The van der Waals surface area contributed by atoms with E-state index in [1.54, 1.807) is 20.2 Å². The summed E-state index contributed by atoms with van der Waals surface area (Å²) < 4.78 is 12.1. The van der Waals surface area contributed by atoms with Gasteiger partial charge in [0.15, 0.2) is 0 Å². The van der Waals surface area contributed by atoms with Crippen LogP contribution >= 0.6 is 0 Å². The Labute approximate surface area is 171 Å². The third kappa shape index (κ3) is 3.70. The Balaban J connectivity index is 1.65. The van der Waals surface area contributed by atoms with Crippen molar-refractivity contribution in [3.8, 4) is 5.75 Å². The highest BCUT2D eigenvalue weighted by atomic mass is 16.5. The second-order valence-corrected chi connectivity index (χ2v) is 7.95. The van der Waals surface area contributed by atoms with Gasteiger partial charge >= 0.3 is 6.09 Å². The van der Waals surface area contributed by atoms with Crippen LogP contribution in [0.15, 0.2) is 48.5 Å². The molecular formula is C23H28N2O4. The largest absolute Gasteiger partial charge is 0.496 e. The maximum atomic E-state index is 11.4. The van der Waals surface area contributed by atoms with Gasteiger partial charge in [-0.3, -0.25) is 4.90 Å². The average Bonchev–Trinajstić information content (AvgIpc) is 3.17. The number of ether oxygens (including phenoxy) is 2. The Hall–Kier alpha value is -2.57. The third-order valence-electron chi connectivity index (χ3n) is 6.28. The van der Waals surface area contributed by atoms with Crippen molar-refractivity contribution in [3.05, 3.63) is 59.7 Å². The molecule has 4 rings (SSSR count). The van der Waals surface area contributed by atoms with Crippen molar-refractivity contribution in [2.75, 3.05) is 32.2 Å². The molecule has 2 heterocycles. The van der Waals surface area contributed by atoms with Gasteiger partial charge in [0, 0.05) is 24.2 Å². The fraction of sp³-hybridized carbons (Fsp3) is 0.435. The van der Waals surface area contributed by atoms with E-state index in [9.17, 15) is 9.90 Å². The topological polar surface area (TPSA) is 71.0 Å². The summed E-state index contributed by atoms with van der Waals surface area (Å²) in [4.78, 5) is 12.6. The fourth-order valence-electron chi connectivity index (χ4n) is 4.77. The number of carboxylic acid groups (broad SMARTS) is 1. The molecular weight excluding hydrogens is 368 g/mol. The van der Waals surface area contributed by atoms with Crippen LogP contribution in [0, 0.1) is 0 Å². The molecule has 1 spiro atoms. The molecule has 2 fully saturated rings. The fourth-order valence-corrected chi connectivity index (χ4v) is 4.77. The molecule has 0 radical (unpaired) electrons. The number of piperidine rings is 1. The average molecular weight is 396 g/mol. The molecule has 0 aliphatic carbocycles. The normalized spacial score (nSPS) is 26.4. The zero-order chi connectivity index (χ0) is 20.4. The standard InChI is InChI=1S/C23H28N2O4/c1-25(22(26)27)18-9-10-20(28-2)19(13-18)17-14-23(29-15-17)11-6-12-24-21(23)16-7-4-3-5-8-16/h3-5,7-10,13,17,21,24H,6,11-12,14-15H2,1-2H3,(H,26,27). The number of hydrogen-bond donors (Lipinski definition) is 2. The van der Waals surface area contributed by atoms with Gasteiger partial charge in [-0.15, -0.1) is 0 Å². The van der Waals surface area contributed by atoms with E-state index in [0.717, 1.165) is 37.1 Å². The quantitative estimate of drug-likeness (QED) is 0.811. The van der Waals surface area contributed by atoms with Gasteiger partial charge in [-0.1, -0.05) is 30.3 Å². The molecule has 0 bridgehead atoms. The molecule has 6 heteroatoms. The summed E-state index contributed by atoms with van der Waals surface area (Å²) in [7, 11) is 3.21. The Bertz CT molecular complexity index is 872. The van der Waals surface area contributed by atoms with E-state index >= 15 is 0 Å². The molecule has 154 valence electrons. The molecule has 2 aromatic rings. The predicted octanol–water partition coefficient (Wildman–Crippen LogP) is 4.18. The lowest BCUT2D eigenvalue weighted by Gasteiger charge is -2.41. The zero-order valence-corrected chi connectivity index (χ0v) is 16.9. The second-order valence-electron chi connectivity index (χ2n) is 7.95. The number of amides is 1. The minimum Gasteiger partial charge on any atom is -0.496 e. The Morgan fingerprint density at radius 3 is 2.79 bits per heavy atom. The van der Waals surface area contributed by atoms with E-state index in [1.165, 1.54) is 10.5 Å². The number of methoxy groups -OCH3 is 1. The molecule has 2 aliphatic heterocycles. The summed E-state index contributed by atoms with van der Waals surface area (Å²) in [5, 5.41) is 13.0. The summed E-state index contributed by atoms with van der Waals surface area (Å²) in [6.07, 6.45) is 1.97. The van der Waals surface area contributed by atoms with Crippen molar-refractivity contribution < 1.29 is 19.4 Å². The maximum Gasteiger partial charge on any atom is 0.411 e. The number of hydrogen-bond acceptors (Lipinski definition) is 4. The number of rotatable bonds is 4. The van der Waals surface area contributed by atoms with E-state index in [0.29, 0.717) is 12.3 Å². The van der Waals surface area contributed by atoms with Crippen LogP contribution in [0.2, 0.25) is 0 Å². The van der Waals surface area contributed by atoms with E-state index < -0.39 is 6.09 Å². The van der Waals surface area contributed by atoms with Gasteiger partial charge in [0.1, 0.15) is 5.75 Å². The highest BCUT2D eigenvalue weighted by Gasteiger charge is 2.49. The molecule has 1 amide bonds. The van der Waals surface area contributed by atoms with Crippen molar-refractivity contribution >= 4 is 11.8 Å². The first-order valence-corrected chi connectivity index (χ1v) is 10.1. The van der Waals surface area contributed by atoms with E-state index in [2.05, 4.69) is 29.6 Å². The first-order valence-electron chi connectivity index (χ1n) is 10.1. The van der Waals surface area contributed by atoms with Gasteiger partial charge in [-0.05, 0) is 49.6 Å². The van der Waals surface area contributed by atoms with Gasteiger partial charge in [-0.25, -0.2) is 4.79 Å².